The zero-order valence-electron chi connectivity index (χ0n) is 15.9. The number of amides is 2. The van der Waals surface area contributed by atoms with Crippen LogP contribution >= 0.6 is 0 Å². The summed E-state index contributed by atoms with van der Waals surface area (Å²) in [4.78, 5) is 38.9. The Labute approximate surface area is 162 Å². The van der Waals surface area contributed by atoms with E-state index in [4.69, 9.17) is 9.63 Å². The van der Waals surface area contributed by atoms with Crippen molar-refractivity contribution in [3.05, 3.63) is 41.7 Å². The van der Waals surface area contributed by atoms with Crippen molar-refractivity contribution < 1.29 is 24.0 Å². The van der Waals surface area contributed by atoms with E-state index in [1.165, 1.54) is 16.8 Å². The predicted molar refractivity (Wildman–Crippen MR) is 101 cm³/mol. The van der Waals surface area contributed by atoms with Crippen molar-refractivity contribution in [2.45, 2.75) is 19.8 Å². The van der Waals surface area contributed by atoms with Crippen molar-refractivity contribution in [2.75, 3.05) is 26.7 Å². The van der Waals surface area contributed by atoms with Gasteiger partial charge in [-0.25, -0.2) is 0 Å². The summed E-state index contributed by atoms with van der Waals surface area (Å²) in [5.41, 5.74) is 2.49. The maximum Gasteiger partial charge on any atom is 0.308 e. The summed E-state index contributed by atoms with van der Waals surface area (Å²) >= 11 is 0. The largest absolute Gasteiger partial charge is 0.481 e. The van der Waals surface area contributed by atoms with E-state index in [2.05, 4.69) is 5.16 Å². The molecule has 8 nitrogen and oxygen atoms in total. The quantitative estimate of drug-likeness (QED) is 0.845. The first kappa shape index (κ1) is 19.6. The Morgan fingerprint density at radius 1 is 1.29 bits per heavy atom. The summed E-state index contributed by atoms with van der Waals surface area (Å²) in [6.07, 6.45) is 1.20. The van der Waals surface area contributed by atoms with Gasteiger partial charge >= 0.3 is 5.97 Å². The molecule has 1 aliphatic heterocycles. The van der Waals surface area contributed by atoms with Crippen LogP contribution in [0.25, 0.3) is 11.3 Å². The smallest absolute Gasteiger partial charge is 0.308 e. The van der Waals surface area contributed by atoms with Crippen LogP contribution < -0.4 is 0 Å². The maximum absolute atomic E-state index is 12.6. The molecule has 1 aromatic heterocycles. The van der Waals surface area contributed by atoms with E-state index in [0.717, 1.165) is 11.1 Å². The minimum atomic E-state index is -0.896. The molecule has 0 radical (unpaired) electrons. The molecule has 28 heavy (non-hydrogen) atoms. The Morgan fingerprint density at radius 3 is 2.68 bits per heavy atom. The van der Waals surface area contributed by atoms with Gasteiger partial charge in [-0.1, -0.05) is 35.0 Å². The molecule has 2 amide bonds. The fourth-order valence-electron chi connectivity index (χ4n) is 3.20. The average Bonchev–Trinajstić information content (AvgIpc) is 3.18. The number of hydrogen-bond acceptors (Lipinski definition) is 5. The number of aryl methyl sites for hydroxylation is 1. The van der Waals surface area contributed by atoms with E-state index < -0.39 is 17.8 Å². The number of nitrogens with zero attached hydrogens (tertiary/aromatic N) is 3. The van der Waals surface area contributed by atoms with Crippen LogP contribution in [-0.4, -0.2) is 64.5 Å². The Bertz CT molecular complexity index is 874. The molecular formula is C20H23N3O5. The van der Waals surface area contributed by atoms with Crippen LogP contribution in [0, 0.1) is 12.8 Å². The SMILES string of the molecule is Cc1ccc(-c2cc(C(=O)N(C)CC(=O)N3CCCC(C(=O)O)C3)on2)cc1. The first-order chi connectivity index (χ1) is 13.3. The summed E-state index contributed by atoms with van der Waals surface area (Å²) in [6, 6.07) is 9.22. The van der Waals surface area contributed by atoms with E-state index in [1.54, 1.807) is 6.07 Å². The lowest BCUT2D eigenvalue weighted by atomic mass is 9.98. The van der Waals surface area contributed by atoms with Crippen molar-refractivity contribution in [3.63, 3.8) is 0 Å². The van der Waals surface area contributed by atoms with Crippen molar-refractivity contribution in [2.24, 2.45) is 5.92 Å². The molecule has 1 atom stereocenters. The van der Waals surface area contributed by atoms with Crippen LogP contribution in [0.1, 0.15) is 29.0 Å². The molecule has 2 aromatic rings. The second kappa shape index (κ2) is 8.24. The Balaban J connectivity index is 1.62. The predicted octanol–water partition coefficient (Wildman–Crippen LogP) is 2.05. The number of rotatable bonds is 5. The topological polar surface area (TPSA) is 104 Å². The van der Waals surface area contributed by atoms with Crippen LogP contribution in [0.3, 0.4) is 0 Å². The van der Waals surface area contributed by atoms with Gasteiger partial charge in [0.1, 0.15) is 5.69 Å². The number of benzene rings is 1. The number of aromatic nitrogens is 1. The van der Waals surface area contributed by atoms with E-state index in [1.807, 2.05) is 31.2 Å². The van der Waals surface area contributed by atoms with Crippen molar-refractivity contribution in [1.82, 2.24) is 15.0 Å². The molecule has 0 saturated carbocycles. The number of piperidine rings is 1. The summed E-state index contributed by atoms with van der Waals surface area (Å²) in [5.74, 6) is -2.13. The molecule has 0 aliphatic carbocycles. The zero-order valence-corrected chi connectivity index (χ0v) is 15.9. The molecular weight excluding hydrogens is 362 g/mol. The van der Waals surface area contributed by atoms with Gasteiger partial charge in [0, 0.05) is 31.8 Å². The first-order valence-electron chi connectivity index (χ1n) is 9.15. The third kappa shape index (κ3) is 4.39. The van der Waals surface area contributed by atoms with Gasteiger partial charge in [-0.2, -0.15) is 0 Å². The monoisotopic (exact) mass is 385 g/mol. The molecule has 3 rings (SSSR count). The van der Waals surface area contributed by atoms with Crippen molar-refractivity contribution >= 4 is 17.8 Å². The van der Waals surface area contributed by atoms with Crippen LogP contribution in [0.4, 0.5) is 0 Å². The lowest BCUT2D eigenvalue weighted by Crippen LogP contribution is -2.46. The summed E-state index contributed by atoms with van der Waals surface area (Å²) < 4.78 is 5.16. The van der Waals surface area contributed by atoms with Crippen molar-refractivity contribution in [1.29, 1.82) is 0 Å². The Hall–Kier alpha value is -3.16. The number of carboxylic acids is 1. The number of aliphatic carboxylic acids is 1. The second-order valence-corrected chi connectivity index (χ2v) is 7.12. The zero-order chi connectivity index (χ0) is 20.3. The molecule has 1 unspecified atom stereocenters. The summed E-state index contributed by atoms with van der Waals surface area (Å²) in [6.45, 7) is 2.51. The Kier molecular flexibility index (Phi) is 5.77. The standard InChI is InChI=1S/C20H23N3O5/c1-13-5-7-14(8-6-13)16-10-17(28-21-16)19(25)22(2)12-18(24)23-9-3-4-15(11-23)20(26)27/h5-8,10,15H,3-4,9,11-12H2,1-2H3,(H,26,27). The molecule has 1 N–H and O–H groups in total. The highest BCUT2D eigenvalue weighted by Gasteiger charge is 2.29. The fraction of sp³-hybridized carbons (Fsp3) is 0.400. The van der Waals surface area contributed by atoms with Gasteiger partial charge < -0.3 is 19.4 Å². The fourth-order valence-corrected chi connectivity index (χ4v) is 3.20. The Morgan fingerprint density at radius 2 is 2.00 bits per heavy atom. The third-order valence-electron chi connectivity index (χ3n) is 4.91. The minimum Gasteiger partial charge on any atom is -0.481 e. The van der Waals surface area contributed by atoms with Crippen LogP contribution in [0.15, 0.2) is 34.9 Å². The third-order valence-corrected chi connectivity index (χ3v) is 4.91. The lowest BCUT2D eigenvalue weighted by molar-refractivity contribution is -0.145. The molecule has 148 valence electrons. The number of carbonyl (C=O) groups is 3. The van der Waals surface area contributed by atoms with E-state index in [0.29, 0.717) is 25.1 Å². The van der Waals surface area contributed by atoms with Crippen LogP contribution in [0.5, 0.6) is 0 Å². The van der Waals surface area contributed by atoms with Crippen LogP contribution in [0.2, 0.25) is 0 Å². The van der Waals surface area contributed by atoms with E-state index in [9.17, 15) is 14.4 Å². The normalized spacial score (nSPS) is 16.6. The van der Waals surface area contributed by atoms with Gasteiger partial charge in [-0.05, 0) is 19.8 Å². The molecule has 0 spiro atoms. The molecule has 1 aromatic carbocycles. The average molecular weight is 385 g/mol. The number of carbonyl (C=O) groups excluding carboxylic acids is 2. The lowest BCUT2D eigenvalue weighted by Gasteiger charge is -2.31. The molecule has 0 bridgehead atoms. The highest BCUT2D eigenvalue weighted by Crippen LogP contribution is 2.21. The van der Waals surface area contributed by atoms with Crippen molar-refractivity contribution in [3.8, 4) is 11.3 Å². The molecule has 8 heteroatoms. The molecule has 1 saturated heterocycles. The van der Waals surface area contributed by atoms with Gasteiger partial charge in [-0.3, -0.25) is 14.4 Å². The maximum atomic E-state index is 12.6. The van der Waals surface area contributed by atoms with Gasteiger partial charge in [0.2, 0.25) is 11.7 Å². The van der Waals surface area contributed by atoms with Gasteiger partial charge in [0.25, 0.3) is 5.91 Å². The van der Waals surface area contributed by atoms with Crippen LogP contribution in [-0.2, 0) is 9.59 Å². The van der Waals surface area contributed by atoms with E-state index >= 15 is 0 Å². The van der Waals surface area contributed by atoms with Gasteiger partial charge in [-0.15, -0.1) is 0 Å². The second-order valence-electron chi connectivity index (χ2n) is 7.12. The highest BCUT2D eigenvalue weighted by atomic mass is 16.5. The summed E-state index contributed by atoms with van der Waals surface area (Å²) in [7, 11) is 1.51. The molecule has 1 fully saturated rings. The minimum absolute atomic E-state index is 0.0490. The van der Waals surface area contributed by atoms with E-state index in [-0.39, 0.29) is 24.8 Å². The van der Waals surface area contributed by atoms with Gasteiger partial charge in [0.05, 0.1) is 12.5 Å². The highest BCUT2D eigenvalue weighted by molar-refractivity contribution is 5.94. The molecule has 2 heterocycles. The number of carboxylic acid groups (broad SMARTS) is 1. The number of likely N-dealkylation sites (N-methyl/N-ethyl adjacent to an activating group) is 1. The number of hydrogen-bond donors (Lipinski definition) is 1. The first-order valence-corrected chi connectivity index (χ1v) is 9.15. The summed E-state index contributed by atoms with van der Waals surface area (Å²) in [5, 5.41) is 13.1. The number of likely N-dealkylation sites (tertiary alicyclic amines) is 1. The van der Waals surface area contributed by atoms with Gasteiger partial charge in [0.15, 0.2) is 0 Å². The molecule has 1 aliphatic rings.